The molecular weight excluding hydrogens is 642 g/mol. The predicted molar refractivity (Wildman–Crippen MR) is 197 cm³/mol. The van der Waals surface area contributed by atoms with E-state index in [1.165, 1.54) is 5.56 Å². The van der Waals surface area contributed by atoms with E-state index in [-0.39, 0.29) is 17.9 Å². The van der Waals surface area contributed by atoms with Crippen molar-refractivity contribution in [3.63, 3.8) is 0 Å². The Morgan fingerprint density at radius 2 is 1.39 bits per heavy atom. The number of nitrogens with one attached hydrogen (secondary N) is 1. The van der Waals surface area contributed by atoms with E-state index >= 15 is 0 Å². The minimum atomic E-state index is -0.592. The van der Waals surface area contributed by atoms with E-state index in [0.29, 0.717) is 44.0 Å². The minimum Gasteiger partial charge on any atom is -0.490 e. The Labute approximate surface area is 300 Å². The minimum absolute atomic E-state index is 0.0460. The molecule has 0 aliphatic carbocycles. The zero-order valence-electron chi connectivity index (χ0n) is 30.2. The molecule has 0 saturated carbocycles. The van der Waals surface area contributed by atoms with E-state index in [0.717, 1.165) is 58.6 Å². The van der Waals surface area contributed by atoms with Crippen LogP contribution in [-0.4, -0.2) is 59.0 Å². The fraction of sp³-hybridized carbons (Fsp3) is 0.357. The molecule has 3 amide bonds. The average Bonchev–Trinajstić information content (AvgIpc) is 3.11. The van der Waals surface area contributed by atoms with Gasteiger partial charge in [0.25, 0.3) is 11.8 Å². The van der Waals surface area contributed by atoms with Gasteiger partial charge in [-0.3, -0.25) is 14.9 Å². The van der Waals surface area contributed by atoms with Crippen molar-refractivity contribution in [3.05, 3.63) is 124 Å². The molecule has 4 aromatic rings. The number of anilines is 1. The molecule has 51 heavy (non-hydrogen) atoms. The van der Waals surface area contributed by atoms with Crippen molar-refractivity contribution in [1.82, 2.24) is 9.80 Å². The van der Waals surface area contributed by atoms with Crippen LogP contribution >= 0.6 is 0 Å². The molecule has 1 saturated heterocycles. The van der Waals surface area contributed by atoms with Gasteiger partial charge in [0.1, 0.15) is 29.8 Å². The van der Waals surface area contributed by atoms with Gasteiger partial charge in [0.2, 0.25) is 0 Å². The molecular formula is C42H47N3O6. The maximum absolute atomic E-state index is 13.4. The second kappa shape index (κ2) is 15.3. The molecule has 9 nitrogen and oxygen atoms in total. The third-order valence-electron chi connectivity index (χ3n) is 9.26. The maximum Gasteiger partial charge on any atom is 0.412 e. The van der Waals surface area contributed by atoms with Crippen molar-refractivity contribution in [3.8, 4) is 11.5 Å². The van der Waals surface area contributed by atoms with Gasteiger partial charge in [-0.05, 0) is 124 Å². The van der Waals surface area contributed by atoms with Crippen molar-refractivity contribution < 1.29 is 28.6 Å². The Kier molecular flexibility index (Phi) is 10.6. The van der Waals surface area contributed by atoms with Crippen molar-refractivity contribution in [2.45, 2.75) is 78.7 Å². The van der Waals surface area contributed by atoms with Crippen LogP contribution in [0.1, 0.15) is 82.1 Å². The summed E-state index contributed by atoms with van der Waals surface area (Å²) < 4.78 is 17.8. The highest BCUT2D eigenvalue weighted by Crippen LogP contribution is 2.29. The molecule has 6 rings (SSSR count). The third-order valence-corrected chi connectivity index (χ3v) is 9.26. The van der Waals surface area contributed by atoms with Crippen LogP contribution in [0.15, 0.2) is 84.9 Å². The standard InChI is InChI=1S/C42H47N3O6/c1-28-6-10-31(11-7-28)39(46)44-22-19-36(20-23-44)50-35-16-8-30(9-17-35)27-49-37-24-29(2)38-26-45(21-18-33(38)25-37)40(47)32-12-14-34(15-13-32)43-41(48)51-42(3,4)5/h6-17,24-25,36H,18-23,26-27H2,1-5H3,(H,43,48). The normalized spacial score (nSPS) is 14.8. The van der Waals surface area contributed by atoms with E-state index in [9.17, 15) is 14.4 Å². The number of hydrogen-bond donors (Lipinski definition) is 1. The number of benzene rings is 4. The van der Waals surface area contributed by atoms with Gasteiger partial charge in [0.05, 0.1) is 0 Å². The SMILES string of the molecule is Cc1ccc(C(=O)N2CCC(Oc3ccc(COc4cc(C)c5c(c4)CCN(C(=O)c4ccc(NC(=O)OC(C)(C)C)cc4)C5)cc3)CC2)cc1. The topological polar surface area (TPSA) is 97.4 Å². The highest BCUT2D eigenvalue weighted by atomic mass is 16.6. The lowest BCUT2D eigenvalue weighted by atomic mass is 9.94. The summed E-state index contributed by atoms with van der Waals surface area (Å²) in [5.41, 5.74) is 6.90. The lowest BCUT2D eigenvalue weighted by molar-refractivity contribution is 0.0593. The van der Waals surface area contributed by atoms with E-state index in [1.54, 1.807) is 24.3 Å². The highest BCUT2D eigenvalue weighted by Gasteiger charge is 2.26. The van der Waals surface area contributed by atoms with E-state index in [2.05, 4.69) is 18.3 Å². The molecule has 2 aliphatic heterocycles. The number of likely N-dealkylation sites (tertiary alicyclic amines) is 1. The van der Waals surface area contributed by atoms with Gasteiger partial charge in [-0.1, -0.05) is 29.8 Å². The Morgan fingerprint density at radius 1 is 0.765 bits per heavy atom. The summed E-state index contributed by atoms with van der Waals surface area (Å²) in [5.74, 6) is 1.67. The first kappa shape index (κ1) is 35.5. The molecule has 2 aliphatic rings. The number of rotatable bonds is 8. The number of hydrogen-bond acceptors (Lipinski definition) is 6. The molecule has 4 aromatic carbocycles. The summed E-state index contributed by atoms with van der Waals surface area (Å²) in [7, 11) is 0. The van der Waals surface area contributed by atoms with Crippen LogP contribution in [0, 0.1) is 13.8 Å². The zero-order chi connectivity index (χ0) is 36.1. The molecule has 9 heteroatoms. The Morgan fingerprint density at radius 3 is 2.04 bits per heavy atom. The Hall–Kier alpha value is -5.31. The lowest BCUT2D eigenvalue weighted by Gasteiger charge is -2.32. The van der Waals surface area contributed by atoms with Gasteiger partial charge in [-0.15, -0.1) is 0 Å². The molecule has 266 valence electrons. The molecule has 0 radical (unpaired) electrons. The molecule has 2 heterocycles. The smallest absolute Gasteiger partial charge is 0.412 e. The van der Waals surface area contributed by atoms with Crippen molar-refractivity contribution >= 4 is 23.6 Å². The fourth-order valence-electron chi connectivity index (χ4n) is 6.46. The van der Waals surface area contributed by atoms with Crippen LogP contribution < -0.4 is 14.8 Å². The summed E-state index contributed by atoms with van der Waals surface area (Å²) in [5, 5.41) is 2.70. The molecule has 0 aromatic heterocycles. The Balaban J connectivity index is 0.969. The van der Waals surface area contributed by atoms with Crippen LogP contribution in [0.5, 0.6) is 11.5 Å². The molecule has 0 atom stereocenters. The van der Waals surface area contributed by atoms with E-state index in [1.807, 2.05) is 92.1 Å². The number of amides is 3. The summed E-state index contributed by atoms with van der Waals surface area (Å²) in [6, 6.07) is 26.8. The van der Waals surface area contributed by atoms with Crippen LogP contribution in [0.25, 0.3) is 0 Å². The van der Waals surface area contributed by atoms with Gasteiger partial charge < -0.3 is 24.0 Å². The number of fused-ring (bicyclic) bond motifs is 1. The fourth-order valence-corrected chi connectivity index (χ4v) is 6.46. The summed E-state index contributed by atoms with van der Waals surface area (Å²) in [6.45, 7) is 12.4. The quantitative estimate of drug-likeness (QED) is 0.201. The van der Waals surface area contributed by atoms with Gasteiger partial charge >= 0.3 is 6.09 Å². The number of aryl methyl sites for hydroxylation is 2. The Bertz CT molecular complexity index is 1860. The first-order valence-corrected chi connectivity index (χ1v) is 17.7. The first-order valence-electron chi connectivity index (χ1n) is 17.7. The third kappa shape index (κ3) is 9.28. The number of piperidine rings is 1. The van der Waals surface area contributed by atoms with Gasteiger partial charge in [-0.2, -0.15) is 0 Å². The van der Waals surface area contributed by atoms with Crippen molar-refractivity contribution in [2.24, 2.45) is 0 Å². The second-order valence-corrected chi connectivity index (χ2v) is 14.5. The van der Waals surface area contributed by atoms with Crippen molar-refractivity contribution in [1.29, 1.82) is 0 Å². The summed E-state index contributed by atoms with van der Waals surface area (Å²) >= 11 is 0. The zero-order valence-corrected chi connectivity index (χ0v) is 30.2. The van der Waals surface area contributed by atoms with E-state index < -0.39 is 11.7 Å². The van der Waals surface area contributed by atoms with Crippen molar-refractivity contribution in [2.75, 3.05) is 25.0 Å². The highest BCUT2D eigenvalue weighted by molar-refractivity contribution is 5.95. The number of carbonyl (C=O) groups is 3. The van der Waals surface area contributed by atoms with E-state index in [4.69, 9.17) is 14.2 Å². The van der Waals surface area contributed by atoms with Crippen LogP contribution in [-0.2, 0) is 24.3 Å². The lowest BCUT2D eigenvalue weighted by Crippen LogP contribution is -2.41. The number of nitrogens with zero attached hydrogens (tertiary/aromatic N) is 2. The molecule has 0 bridgehead atoms. The summed E-state index contributed by atoms with van der Waals surface area (Å²) in [4.78, 5) is 42.1. The molecule has 0 unspecified atom stereocenters. The number of ether oxygens (including phenoxy) is 3. The van der Waals surface area contributed by atoms with Gasteiger partial charge in [-0.25, -0.2) is 4.79 Å². The second-order valence-electron chi connectivity index (χ2n) is 14.5. The number of carbonyl (C=O) groups excluding carboxylic acids is 3. The monoisotopic (exact) mass is 689 g/mol. The summed E-state index contributed by atoms with van der Waals surface area (Å²) in [6.07, 6.45) is 1.88. The van der Waals surface area contributed by atoms with Gasteiger partial charge in [0.15, 0.2) is 0 Å². The predicted octanol–water partition coefficient (Wildman–Crippen LogP) is 8.11. The van der Waals surface area contributed by atoms with Crippen LogP contribution in [0.3, 0.4) is 0 Å². The molecule has 1 N–H and O–H groups in total. The first-order chi connectivity index (χ1) is 24.4. The molecule has 0 spiro atoms. The molecule has 1 fully saturated rings. The largest absolute Gasteiger partial charge is 0.490 e. The average molecular weight is 690 g/mol. The van der Waals surface area contributed by atoms with Gasteiger partial charge in [0, 0.05) is 55.8 Å². The maximum atomic E-state index is 13.4. The van der Waals surface area contributed by atoms with Crippen LogP contribution in [0.2, 0.25) is 0 Å². The van der Waals surface area contributed by atoms with Crippen LogP contribution in [0.4, 0.5) is 10.5 Å².